The first-order chi connectivity index (χ1) is 32.6. The number of likely N-dealkylation sites (tertiary alicyclic amines) is 2. The molecule has 3 heterocycles. The standard InChI is InChI=1S/C52H73N7O8Si/c1-10-68(11-2,12-3)40-27-25-39(26-28-40)59-41(35-17-21-37(22-18-35)53-47(60)43-15-13-31-57(43)49(62)45(33(4)5)55-51(64)66-8)29-30-42(59)36-19-23-38(24-20-36)54-48(61)44-16-14-32-58(44)50(63)46(34(6)7)56-52(65)67-9/h17-28,33-34,41-46H,10-16,29-32H2,1-9H3,(H,53,60)(H,54,61)(H,55,64)(H,56,65)/q-1/t41-,42-,43+,44+,45+,46+/m1/s1. The molecule has 0 spiro atoms. The van der Waals surface area contributed by atoms with E-state index in [2.05, 4.69) is 95.5 Å². The molecule has 3 saturated heterocycles. The number of carbonyl (C=O) groups excluding carboxylic acids is 6. The highest BCUT2D eigenvalue weighted by molar-refractivity contribution is 6.91. The van der Waals surface area contributed by atoms with Crippen LogP contribution in [0.25, 0.3) is 0 Å². The number of anilines is 3. The Balaban J connectivity index is 1.20. The number of ether oxygens (including phenoxy) is 2. The van der Waals surface area contributed by atoms with Gasteiger partial charge in [-0.1, -0.05) is 84.9 Å². The van der Waals surface area contributed by atoms with Crippen LogP contribution in [0.3, 0.4) is 0 Å². The van der Waals surface area contributed by atoms with E-state index in [1.54, 1.807) is 9.80 Å². The molecule has 6 rings (SSSR count). The van der Waals surface area contributed by atoms with E-state index >= 15 is 0 Å². The summed E-state index contributed by atoms with van der Waals surface area (Å²) >= 11 is 0. The molecule has 0 bridgehead atoms. The van der Waals surface area contributed by atoms with Crippen molar-refractivity contribution in [1.29, 1.82) is 0 Å². The first kappa shape index (κ1) is 51.5. The molecular weight excluding hydrogens is 879 g/mol. The second-order valence-corrected chi connectivity index (χ2v) is 24.5. The normalized spacial score (nSPS) is 20.2. The Morgan fingerprint density at radius 2 is 0.956 bits per heavy atom. The molecule has 3 aliphatic heterocycles. The quantitative estimate of drug-likeness (QED) is 0.0974. The number of hydrogen-bond acceptors (Lipinski definition) is 9. The molecule has 15 nitrogen and oxygen atoms in total. The Morgan fingerprint density at radius 1 is 0.574 bits per heavy atom. The number of nitrogens with zero attached hydrogens (tertiary/aromatic N) is 3. The number of alkyl carbamates (subject to hydrolysis) is 2. The van der Waals surface area contributed by atoms with Gasteiger partial charge in [0.2, 0.25) is 23.6 Å². The molecule has 0 aliphatic carbocycles. The zero-order valence-corrected chi connectivity index (χ0v) is 42.4. The summed E-state index contributed by atoms with van der Waals surface area (Å²) in [5.74, 6) is -1.53. The molecule has 3 aromatic carbocycles. The smallest absolute Gasteiger partial charge is 0.407 e. The van der Waals surface area contributed by atoms with Crippen LogP contribution in [0.1, 0.15) is 110 Å². The summed E-state index contributed by atoms with van der Waals surface area (Å²) in [4.78, 5) is 84.5. The first-order valence-electron chi connectivity index (χ1n) is 24.6. The summed E-state index contributed by atoms with van der Waals surface area (Å²) in [7, 11) is 0.900. The number of hydrogen-bond donors (Lipinski definition) is 4. The molecule has 6 atom stereocenters. The molecule has 3 aromatic rings. The van der Waals surface area contributed by atoms with Crippen molar-refractivity contribution in [3.05, 3.63) is 83.9 Å². The fourth-order valence-electron chi connectivity index (χ4n) is 10.6. The van der Waals surface area contributed by atoms with Crippen molar-refractivity contribution in [3.8, 4) is 0 Å². The van der Waals surface area contributed by atoms with Crippen molar-refractivity contribution in [1.82, 2.24) is 20.4 Å². The first-order valence-corrected chi connectivity index (χ1v) is 27.2. The molecule has 68 heavy (non-hydrogen) atoms. The van der Waals surface area contributed by atoms with Crippen LogP contribution < -0.4 is 31.4 Å². The second kappa shape index (κ2) is 22.9. The minimum Gasteiger partial charge on any atom is -0.453 e. The van der Waals surface area contributed by atoms with Crippen molar-refractivity contribution in [2.75, 3.05) is 42.8 Å². The Hall–Kier alpha value is -5.90. The largest absolute Gasteiger partial charge is 0.453 e. The van der Waals surface area contributed by atoms with Gasteiger partial charge in [-0.15, -0.1) is 8.07 Å². The Morgan fingerprint density at radius 3 is 1.29 bits per heavy atom. The van der Waals surface area contributed by atoms with Crippen LogP contribution >= 0.6 is 0 Å². The van der Waals surface area contributed by atoms with Crippen LogP contribution in [0, 0.1) is 11.8 Å². The minimum absolute atomic E-state index is 0.0351. The number of nitrogens with one attached hydrogen (secondary N) is 4. The maximum Gasteiger partial charge on any atom is 0.407 e. The van der Waals surface area contributed by atoms with Gasteiger partial charge in [0.05, 0.1) is 26.3 Å². The van der Waals surface area contributed by atoms with Gasteiger partial charge in [0.1, 0.15) is 24.2 Å². The highest BCUT2D eigenvalue weighted by Crippen LogP contribution is 2.47. The van der Waals surface area contributed by atoms with E-state index in [0.717, 1.165) is 29.7 Å². The predicted octanol–water partition coefficient (Wildman–Crippen LogP) is 8.11. The number of carbonyl (C=O) groups is 6. The maximum absolute atomic E-state index is 13.7. The molecule has 16 heteroatoms. The van der Waals surface area contributed by atoms with Crippen molar-refractivity contribution in [3.63, 3.8) is 0 Å². The van der Waals surface area contributed by atoms with Crippen molar-refractivity contribution in [2.24, 2.45) is 11.8 Å². The predicted molar refractivity (Wildman–Crippen MR) is 268 cm³/mol. The lowest BCUT2D eigenvalue weighted by atomic mass is 10.0. The average molecular weight is 952 g/mol. The van der Waals surface area contributed by atoms with Crippen molar-refractivity contribution < 1.29 is 38.2 Å². The fraction of sp³-hybridized carbons (Fsp3) is 0.538. The third kappa shape index (κ3) is 11.3. The maximum atomic E-state index is 13.7. The van der Waals surface area contributed by atoms with Crippen LogP contribution in [0.4, 0.5) is 26.7 Å². The van der Waals surface area contributed by atoms with Gasteiger partial charge < -0.3 is 45.4 Å². The molecule has 0 radical (unpaired) electrons. The van der Waals surface area contributed by atoms with E-state index in [0.29, 0.717) is 50.1 Å². The summed E-state index contributed by atoms with van der Waals surface area (Å²) in [5.41, 5.74) is 4.62. The Bertz CT molecular complexity index is 2100. The summed E-state index contributed by atoms with van der Waals surface area (Å²) in [6, 6.07) is 26.0. The fourth-order valence-corrected chi connectivity index (χ4v) is 14.2. The lowest BCUT2D eigenvalue weighted by Gasteiger charge is -2.42. The van der Waals surface area contributed by atoms with Crippen LogP contribution in [0.2, 0.25) is 18.1 Å². The molecule has 3 fully saturated rings. The van der Waals surface area contributed by atoms with E-state index in [1.165, 1.54) is 37.5 Å². The SMILES string of the molecule is CC[Si-](CC)(CC)c1ccc(N2[C@@H](c3ccc(NC(=O)[C@@H]4CCCN4C(=O)[C@@H](NC(=O)OC)C(C)C)cc3)CC[C@@H]2c2ccc(NC(=O)[C@@H]3CCCN3C(=O)[C@@H](NC(=O)OC)C(C)C)cc2)cc1. The molecule has 4 N–H and O–H groups in total. The third-order valence-electron chi connectivity index (χ3n) is 14.8. The zero-order chi connectivity index (χ0) is 49.3. The minimum atomic E-state index is -1.61. The van der Waals surface area contributed by atoms with Crippen LogP contribution in [0.5, 0.6) is 0 Å². The average Bonchev–Trinajstić information content (AvgIpc) is 4.15. The van der Waals surface area contributed by atoms with E-state index in [-0.39, 0.29) is 47.5 Å². The second-order valence-electron chi connectivity index (χ2n) is 19.2. The molecule has 0 aromatic heterocycles. The van der Waals surface area contributed by atoms with Gasteiger partial charge >= 0.3 is 12.2 Å². The van der Waals surface area contributed by atoms with Crippen molar-refractivity contribution >= 4 is 66.1 Å². The number of methoxy groups -OCH3 is 2. The van der Waals surface area contributed by atoms with Gasteiger partial charge in [-0.05, 0) is 97.9 Å². The lowest BCUT2D eigenvalue weighted by molar-refractivity contribution is -0.139. The zero-order valence-electron chi connectivity index (χ0n) is 41.4. The van der Waals surface area contributed by atoms with Crippen molar-refractivity contribution in [2.45, 2.75) is 141 Å². The van der Waals surface area contributed by atoms with E-state index < -0.39 is 44.4 Å². The molecule has 0 saturated carbocycles. The van der Waals surface area contributed by atoms with Crippen LogP contribution in [-0.2, 0) is 28.7 Å². The summed E-state index contributed by atoms with van der Waals surface area (Å²) < 4.78 is 9.51. The van der Waals surface area contributed by atoms with E-state index in [1.807, 2.05) is 52.0 Å². The van der Waals surface area contributed by atoms with Gasteiger partial charge in [-0.3, -0.25) is 19.2 Å². The van der Waals surface area contributed by atoms with Crippen LogP contribution in [-0.4, -0.2) is 105 Å². The highest BCUT2D eigenvalue weighted by atomic mass is 28.3. The Kier molecular flexibility index (Phi) is 17.4. The molecular formula is C52H73N7O8Si-. The van der Waals surface area contributed by atoms with Gasteiger partial charge in [-0.25, -0.2) is 9.59 Å². The molecule has 3 aliphatic rings. The monoisotopic (exact) mass is 952 g/mol. The molecule has 369 valence electrons. The van der Waals surface area contributed by atoms with E-state index in [4.69, 9.17) is 9.47 Å². The highest BCUT2D eigenvalue weighted by Gasteiger charge is 2.41. The Labute approximate surface area is 403 Å². The van der Waals surface area contributed by atoms with E-state index in [9.17, 15) is 28.8 Å². The summed E-state index contributed by atoms with van der Waals surface area (Å²) in [6.45, 7) is 15.2. The van der Waals surface area contributed by atoms with Crippen LogP contribution in [0.15, 0.2) is 72.8 Å². The van der Waals surface area contributed by atoms with Gasteiger partial charge in [0.25, 0.3) is 0 Å². The number of amides is 6. The van der Waals surface area contributed by atoms with Gasteiger partial charge in [0, 0.05) is 30.2 Å². The van der Waals surface area contributed by atoms with Gasteiger partial charge in [-0.2, -0.15) is 23.3 Å². The third-order valence-corrected chi connectivity index (χ3v) is 20.4. The molecule has 6 amide bonds. The summed E-state index contributed by atoms with van der Waals surface area (Å²) in [5, 5.41) is 12.9. The summed E-state index contributed by atoms with van der Waals surface area (Å²) in [6.07, 6.45) is 2.81. The molecule has 0 unspecified atom stereocenters. The topological polar surface area (TPSA) is 179 Å². The van der Waals surface area contributed by atoms with Gasteiger partial charge in [0.15, 0.2) is 0 Å². The number of rotatable bonds is 17. The number of benzene rings is 3. The lowest BCUT2D eigenvalue weighted by Crippen LogP contribution is -2.54.